The lowest BCUT2D eigenvalue weighted by atomic mass is 10.1. The first-order valence-corrected chi connectivity index (χ1v) is 6.14. The Morgan fingerprint density at radius 1 is 1.24 bits per heavy atom. The van der Waals surface area contributed by atoms with E-state index in [1.165, 1.54) is 24.8 Å². The van der Waals surface area contributed by atoms with Crippen LogP contribution in [0.15, 0.2) is 24.3 Å². The first-order chi connectivity index (χ1) is 8.26. The summed E-state index contributed by atoms with van der Waals surface area (Å²) in [7, 11) is 0. The van der Waals surface area contributed by atoms with Gasteiger partial charge < -0.3 is 10.5 Å². The molecule has 0 bridgehead atoms. The molecule has 1 rings (SSSR count). The molecule has 0 fully saturated rings. The fourth-order valence-corrected chi connectivity index (χ4v) is 1.40. The molecule has 96 valence electrons. The smallest absolute Gasteiger partial charge is 0.293 e. The van der Waals surface area contributed by atoms with E-state index in [1.54, 1.807) is 6.92 Å². The molecule has 0 saturated heterocycles. The molecule has 0 unspecified atom stereocenters. The molecule has 0 heterocycles. The second-order valence-corrected chi connectivity index (χ2v) is 3.71. The maximum absolute atomic E-state index is 9.18. The van der Waals surface area contributed by atoms with Crippen molar-refractivity contribution in [3.63, 3.8) is 0 Å². The molecule has 0 amide bonds. The van der Waals surface area contributed by atoms with Gasteiger partial charge in [-0.15, -0.1) is 0 Å². The van der Waals surface area contributed by atoms with Crippen molar-refractivity contribution in [1.82, 2.24) is 0 Å². The molecule has 0 spiro atoms. The Kier molecular flexibility index (Phi) is 10.0. The van der Waals surface area contributed by atoms with Gasteiger partial charge in [0.25, 0.3) is 6.47 Å². The highest BCUT2D eigenvalue weighted by Crippen LogP contribution is 2.13. The molecule has 0 saturated carbocycles. The zero-order valence-corrected chi connectivity index (χ0v) is 10.8. The highest BCUT2D eigenvalue weighted by molar-refractivity contribution is 5.46. The van der Waals surface area contributed by atoms with Gasteiger partial charge in [-0.25, -0.2) is 0 Å². The predicted octanol–water partition coefficient (Wildman–Crippen LogP) is 3.18. The second kappa shape index (κ2) is 11.0. The van der Waals surface area contributed by atoms with Crippen molar-refractivity contribution in [2.24, 2.45) is 0 Å². The molecule has 2 N–H and O–H groups in total. The number of hydrogen-bond donors (Lipinski definition) is 1. The molecular formula is C14H23NO2. The maximum atomic E-state index is 9.18. The Morgan fingerprint density at radius 3 is 2.41 bits per heavy atom. The third kappa shape index (κ3) is 8.31. The van der Waals surface area contributed by atoms with E-state index in [9.17, 15) is 4.79 Å². The van der Waals surface area contributed by atoms with Crippen LogP contribution in [0.4, 0.5) is 5.69 Å². The molecule has 0 aliphatic carbocycles. The van der Waals surface area contributed by atoms with Gasteiger partial charge in [0, 0.05) is 5.69 Å². The fourth-order valence-electron chi connectivity index (χ4n) is 1.40. The molecule has 3 heteroatoms. The number of carbonyl (C=O) groups excluding carboxylic acids is 1. The molecule has 0 radical (unpaired) electrons. The quantitative estimate of drug-likeness (QED) is 0.469. The van der Waals surface area contributed by atoms with Crippen LogP contribution in [0.25, 0.3) is 0 Å². The van der Waals surface area contributed by atoms with Crippen molar-refractivity contribution in [1.29, 1.82) is 0 Å². The van der Waals surface area contributed by atoms with Crippen LogP contribution >= 0.6 is 0 Å². The minimum atomic E-state index is 0.431. The number of nitrogen functional groups attached to an aromatic ring is 1. The van der Waals surface area contributed by atoms with Gasteiger partial charge in [0.15, 0.2) is 0 Å². The van der Waals surface area contributed by atoms with Crippen LogP contribution in [-0.2, 0) is 16.0 Å². The lowest BCUT2D eigenvalue weighted by Crippen LogP contribution is -1.93. The maximum Gasteiger partial charge on any atom is 0.293 e. The lowest BCUT2D eigenvalue weighted by Gasteiger charge is -2.03. The van der Waals surface area contributed by atoms with Crippen molar-refractivity contribution < 1.29 is 9.53 Å². The van der Waals surface area contributed by atoms with Crippen LogP contribution in [0, 0.1) is 0 Å². The summed E-state index contributed by atoms with van der Waals surface area (Å²) in [4.78, 5) is 9.18. The third-order valence-corrected chi connectivity index (χ3v) is 2.34. The number of hydrogen-bond acceptors (Lipinski definition) is 3. The zero-order valence-electron chi connectivity index (χ0n) is 10.8. The van der Waals surface area contributed by atoms with Crippen LogP contribution in [0.3, 0.4) is 0 Å². The Labute approximate surface area is 104 Å². The molecule has 1 aromatic rings. The summed E-state index contributed by atoms with van der Waals surface area (Å²) < 4.78 is 4.15. The van der Waals surface area contributed by atoms with E-state index in [0.29, 0.717) is 13.1 Å². The standard InChI is InChI=1S/C11H17N.C3H6O2/c1-2-3-4-7-10-8-5-6-9-11(10)12;1-2-5-3-4/h5-6,8-9H,2-4,7,12H2,1H3;3H,2H2,1H3. The summed E-state index contributed by atoms with van der Waals surface area (Å²) >= 11 is 0. The number of aryl methyl sites for hydroxylation is 1. The second-order valence-electron chi connectivity index (χ2n) is 3.71. The molecule has 0 aliphatic heterocycles. The van der Waals surface area contributed by atoms with Crippen LogP contribution in [-0.4, -0.2) is 13.1 Å². The van der Waals surface area contributed by atoms with E-state index in [-0.39, 0.29) is 0 Å². The summed E-state index contributed by atoms with van der Waals surface area (Å²) in [5.74, 6) is 0. The topological polar surface area (TPSA) is 52.3 Å². The van der Waals surface area contributed by atoms with Gasteiger partial charge in [-0.2, -0.15) is 0 Å². The molecule has 0 atom stereocenters. The highest BCUT2D eigenvalue weighted by Gasteiger charge is 1.95. The predicted molar refractivity (Wildman–Crippen MR) is 71.8 cm³/mol. The number of unbranched alkanes of at least 4 members (excludes halogenated alkanes) is 2. The summed E-state index contributed by atoms with van der Waals surface area (Å²) in [5, 5.41) is 0. The Bertz CT molecular complexity index is 300. The summed E-state index contributed by atoms with van der Waals surface area (Å²) in [5.41, 5.74) is 8.04. The Morgan fingerprint density at radius 2 is 1.94 bits per heavy atom. The molecule has 0 aliphatic rings. The van der Waals surface area contributed by atoms with Crippen molar-refractivity contribution >= 4 is 12.2 Å². The number of para-hydroxylation sites is 1. The van der Waals surface area contributed by atoms with E-state index < -0.39 is 0 Å². The minimum Gasteiger partial charge on any atom is -0.468 e. The van der Waals surface area contributed by atoms with Crippen molar-refractivity contribution in [3.8, 4) is 0 Å². The summed E-state index contributed by atoms with van der Waals surface area (Å²) in [6.07, 6.45) is 4.95. The van der Waals surface area contributed by atoms with Crippen LogP contribution in [0.1, 0.15) is 38.7 Å². The largest absolute Gasteiger partial charge is 0.468 e. The summed E-state index contributed by atoms with van der Waals surface area (Å²) in [6, 6.07) is 8.13. The van der Waals surface area contributed by atoms with Crippen molar-refractivity contribution in [2.45, 2.75) is 39.5 Å². The van der Waals surface area contributed by atoms with Gasteiger partial charge in [-0.1, -0.05) is 38.0 Å². The number of carbonyl (C=O) groups is 1. The fraction of sp³-hybridized carbons (Fsp3) is 0.500. The van der Waals surface area contributed by atoms with Crippen LogP contribution in [0.2, 0.25) is 0 Å². The number of ether oxygens (including phenoxy) is 1. The van der Waals surface area contributed by atoms with Gasteiger partial charge in [-0.05, 0) is 31.4 Å². The van der Waals surface area contributed by atoms with E-state index in [4.69, 9.17) is 5.73 Å². The monoisotopic (exact) mass is 237 g/mol. The minimum absolute atomic E-state index is 0.431. The Hall–Kier alpha value is -1.51. The third-order valence-electron chi connectivity index (χ3n) is 2.34. The van der Waals surface area contributed by atoms with Gasteiger partial charge >= 0.3 is 0 Å². The molecular weight excluding hydrogens is 214 g/mol. The molecule has 1 aromatic carbocycles. The first kappa shape index (κ1) is 15.5. The number of anilines is 1. The van der Waals surface area contributed by atoms with Gasteiger partial charge in [0.1, 0.15) is 0 Å². The van der Waals surface area contributed by atoms with Gasteiger partial charge in [-0.3, -0.25) is 4.79 Å². The number of rotatable bonds is 6. The van der Waals surface area contributed by atoms with Gasteiger partial charge in [0.05, 0.1) is 6.61 Å². The van der Waals surface area contributed by atoms with E-state index >= 15 is 0 Å². The Balaban J connectivity index is 0.000000437. The zero-order chi connectivity index (χ0) is 12.9. The van der Waals surface area contributed by atoms with Crippen LogP contribution < -0.4 is 5.73 Å². The highest BCUT2D eigenvalue weighted by atomic mass is 16.5. The van der Waals surface area contributed by atoms with E-state index in [0.717, 1.165) is 12.1 Å². The summed E-state index contributed by atoms with van der Waals surface area (Å²) in [6.45, 7) is 4.88. The first-order valence-electron chi connectivity index (χ1n) is 6.14. The normalized spacial score (nSPS) is 9.06. The average Bonchev–Trinajstić information content (AvgIpc) is 2.34. The van der Waals surface area contributed by atoms with Crippen molar-refractivity contribution in [2.75, 3.05) is 12.3 Å². The number of benzene rings is 1. The van der Waals surface area contributed by atoms with Gasteiger partial charge in [0.2, 0.25) is 0 Å². The van der Waals surface area contributed by atoms with Crippen LogP contribution in [0.5, 0.6) is 0 Å². The van der Waals surface area contributed by atoms with Crippen molar-refractivity contribution in [3.05, 3.63) is 29.8 Å². The number of nitrogens with two attached hydrogens (primary N) is 1. The molecule has 3 nitrogen and oxygen atoms in total. The van der Waals surface area contributed by atoms with E-state index in [1.807, 2.05) is 12.1 Å². The molecule has 0 aromatic heterocycles. The molecule has 17 heavy (non-hydrogen) atoms. The SMILES string of the molecule is CCCCCc1ccccc1N.CCOC=O. The van der Waals surface area contributed by atoms with E-state index in [2.05, 4.69) is 23.8 Å². The lowest BCUT2D eigenvalue weighted by molar-refractivity contribution is -0.128. The average molecular weight is 237 g/mol.